The van der Waals surface area contributed by atoms with Gasteiger partial charge in [-0.15, -0.1) is 0 Å². The van der Waals surface area contributed by atoms with E-state index in [0.717, 1.165) is 32.7 Å². The molecule has 1 heterocycles. The highest BCUT2D eigenvalue weighted by atomic mass is 16.3. The van der Waals surface area contributed by atoms with E-state index in [4.69, 9.17) is 0 Å². The topological polar surface area (TPSA) is 35.5 Å². The SMILES string of the molecule is CC(C)C(C)(O)CN1CCNCC1. The highest BCUT2D eigenvalue weighted by Crippen LogP contribution is 2.17. The standard InChI is InChI=1S/C10H22N2O/c1-9(2)10(3,13)8-12-6-4-11-5-7-12/h9,11,13H,4-8H2,1-3H3. The average Bonchev–Trinajstić information content (AvgIpc) is 2.05. The highest BCUT2D eigenvalue weighted by molar-refractivity contribution is 4.82. The molecule has 1 rings (SSSR count). The number of nitrogens with one attached hydrogen (secondary N) is 1. The van der Waals surface area contributed by atoms with Gasteiger partial charge in [0.25, 0.3) is 0 Å². The Kier molecular flexibility index (Phi) is 3.71. The third-order valence-corrected chi connectivity index (χ3v) is 3.00. The predicted octanol–water partition coefficient (Wildman–Crippen LogP) is 0.299. The van der Waals surface area contributed by atoms with Crippen LogP contribution in [0.4, 0.5) is 0 Å². The molecule has 1 saturated heterocycles. The van der Waals surface area contributed by atoms with Crippen molar-refractivity contribution in [2.45, 2.75) is 26.4 Å². The minimum atomic E-state index is -0.544. The third kappa shape index (κ3) is 3.25. The van der Waals surface area contributed by atoms with Gasteiger partial charge >= 0.3 is 0 Å². The lowest BCUT2D eigenvalue weighted by Crippen LogP contribution is -2.51. The van der Waals surface area contributed by atoms with Gasteiger partial charge in [0.1, 0.15) is 0 Å². The molecule has 0 bridgehead atoms. The molecule has 0 radical (unpaired) electrons. The van der Waals surface area contributed by atoms with Crippen LogP contribution in [0.15, 0.2) is 0 Å². The summed E-state index contributed by atoms with van der Waals surface area (Å²) in [4.78, 5) is 2.33. The maximum absolute atomic E-state index is 10.1. The maximum Gasteiger partial charge on any atom is 0.0768 e. The number of β-amino-alcohol motifs (C(OH)–C–C–N with tert-alkyl or cyclic N) is 1. The quantitative estimate of drug-likeness (QED) is 0.665. The van der Waals surface area contributed by atoms with E-state index in [1.54, 1.807) is 0 Å². The Morgan fingerprint density at radius 2 is 1.92 bits per heavy atom. The zero-order valence-corrected chi connectivity index (χ0v) is 9.01. The van der Waals surface area contributed by atoms with Crippen LogP contribution >= 0.6 is 0 Å². The van der Waals surface area contributed by atoms with Crippen molar-refractivity contribution in [3.8, 4) is 0 Å². The van der Waals surface area contributed by atoms with Crippen molar-refractivity contribution in [3.05, 3.63) is 0 Å². The molecule has 3 heteroatoms. The van der Waals surface area contributed by atoms with Crippen LogP contribution in [0, 0.1) is 5.92 Å². The summed E-state index contributed by atoms with van der Waals surface area (Å²) in [5.74, 6) is 0.322. The molecule has 2 N–H and O–H groups in total. The van der Waals surface area contributed by atoms with E-state index in [1.807, 2.05) is 6.92 Å². The Labute approximate surface area is 81.1 Å². The first-order valence-corrected chi connectivity index (χ1v) is 5.18. The van der Waals surface area contributed by atoms with Crippen molar-refractivity contribution in [3.63, 3.8) is 0 Å². The van der Waals surface area contributed by atoms with E-state index in [-0.39, 0.29) is 0 Å². The first-order valence-electron chi connectivity index (χ1n) is 5.18. The lowest BCUT2D eigenvalue weighted by atomic mass is 9.92. The van der Waals surface area contributed by atoms with Crippen LogP contribution in [0.1, 0.15) is 20.8 Å². The van der Waals surface area contributed by atoms with E-state index < -0.39 is 5.60 Å². The van der Waals surface area contributed by atoms with Gasteiger partial charge in [0.2, 0.25) is 0 Å². The van der Waals surface area contributed by atoms with E-state index >= 15 is 0 Å². The molecule has 0 aromatic carbocycles. The van der Waals surface area contributed by atoms with Gasteiger partial charge in [-0.1, -0.05) is 13.8 Å². The van der Waals surface area contributed by atoms with Gasteiger partial charge in [-0.25, -0.2) is 0 Å². The Morgan fingerprint density at radius 3 is 2.38 bits per heavy atom. The average molecular weight is 186 g/mol. The second-order valence-electron chi connectivity index (χ2n) is 4.54. The molecule has 1 atom stereocenters. The summed E-state index contributed by atoms with van der Waals surface area (Å²) in [7, 11) is 0. The fraction of sp³-hybridized carbons (Fsp3) is 1.00. The van der Waals surface area contributed by atoms with E-state index in [0.29, 0.717) is 5.92 Å². The molecule has 0 amide bonds. The number of piperazine rings is 1. The smallest absolute Gasteiger partial charge is 0.0768 e. The van der Waals surface area contributed by atoms with Crippen LogP contribution in [0.25, 0.3) is 0 Å². The number of aliphatic hydroxyl groups is 1. The van der Waals surface area contributed by atoms with E-state index in [2.05, 4.69) is 24.1 Å². The summed E-state index contributed by atoms with van der Waals surface area (Å²) in [6, 6.07) is 0. The minimum absolute atomic E-state index is 0.322. The van der Waals surface area contributed by atoms with Crippen LogP contribution in [0.5, 0.6) is 0 Å². The van der Waals surface area contributed by atoms with Crippen molar-refractivity contribution in [1.29, 1.82) is 0 Å². The van der Waals surface area contributed by atoms with Crippen molar-refractivity contribution < 1.29 is 5.11 Å². The van der Waals surface area contributed by atoms with Crippen LogP contribution in [-0.4, -0.2) is 48.3 Å². The van der Waals surface area contributed by atoms with Gasteiger partial charge < -0.3 is 10.4 Å². The number of hydrogen-bond donors (Lipinski definition) is 2. The Hall–Kier alpha value is -0.120. The van der Waals surface area contributed by atoms with Crippen molar-refractivity contribution in [2.75, 3.05) is 32.7 Å². The van der Waals surface area contributed by atoms with Gasteiger partial charge in [0.15, 0.2) is 0 Å². The number of hydrogen-bond acceptors (Lipinski definition) is 3. The largest absolute Gasteiger partial charge is 0.389 e. The summed E-state index contributed by atoms with van der Waals surface area (Å²) in [6.07, 6.45) is 0. The first-order chi connectivity index (χ1) is 6.02. The summed E-state index contributed by atoms with van der Waals surface area (Å²) in [6.45, 7) is 11.1. The maximum atomic E-state index is 10.1. The molecule has 1 unspecified atom stereocenters. The molecule has 1 aliphatic heterocycles. The van der Waals surface area contributed by atoms with Crippen LogP contribution in [0.2, 0.25) is 0 Å². The molecule has 0 aromatic rings. The molecule has 0 aliphatic carbocycles. The van der Waals surface area contributed by atoms with Gasteiger partial charge in [-0.2, -0.15) is 0 Å². The monoisotopic (exact) mass is 186 g/mol. The zero-order chi connectivity index (χ0) is 9.90. The lowest BCUT2D eigenvalue weighted by molar-refractivity contribution is -0.0210. The second-order valence-corrected chi connectivity index (χ2v) is 4.54. The van der Waals surface area contributed by atoms with Crippen LogP contribution < -0.4 is 5.32 Å². The molecule has 0 spiro atoms. The lowest BCUT2D eigenvalue weighted by Gasteiger charge is -2.36. The fourth-order valence-corrected chi connectivity index (χ4v) is 1.50. The molecular weight excluding hydrogens is 164 g/mol. The molecular formula is C10H22N2O. The summed E-state index contributed by atoms with van der Waals surface area (Å²) in [5.41, 5.74) is -0.544. The predicted molar refractivity (Wildman–Crippen MR) is 54.8 cm³/mol. The number of nitrogens with zero attached hydrogens (tertiary/aromatic N) is 1. The minimum Gasteiger partial charge on any atom is -0.389 e. The summed E-state index contributed by atoms with van der Waals surface area (Å²) in [5, 5.41) is 13.4. The van der Waals surface area contributed by atoms with Crippen molar-refractivity contribution in [2.24, 2.45) is 5.92 Å². The van der Waals surface area contributed by atoms with E-state index in [1.165, 1.54) is 0 Å². The molecule has 3 nitrogen and oxygen atoms in total. The number of rotatable bonds is 3. The Balaban J connectivity index is 2.37. The summed E-state index contributed by atoms with van der Waals surface area (Å²) >= 11 is 0. The molecule has 0 saturated carbocycles. The van der Waals surface area contributed by atoms with E-state index in [9.17, 15) is 5.11 Å². The van der Waals surface area contributed by atoms with Gasteiger partial charge in [0, 0.05) is 32.7 Å². The first kappa shape index (κ1) is 11.0. The second kappa shape index (κ2) is 4.40. The Morgan fingerprint density at radius 1 is 1.38 bits per heavy atom. The van der Waals surface area contributed by atoms with Crippen molar-refractivity contribution in [1.82, 2.24) is 10.2 Å². The Bertz CT molecular complexity index is 151. The highest BCUT2D eigenvalue weighted by Gasteiger charge is 2.27. The third-order valence-electron chi connectivity index (χ3n) is 3.00. The van der Waals surface area contributed by atoms with Gasteiger partial charge in [0.05, 0.1) is 5.60 Å². The zero-order valence-electron chi connectivity index (χ0n) is 9.01. The van der Waals surface area contributed by atoms with Crippen LogP contribution in [0.3, 0.4) is 0 Å². The molecule has 1 aliphatic rings. The van der Waals surface area contributed by atoms with Gasteiger partial charge in [-0.05, 0) is 12.8 Å². The van der Waals surface area contributed by atoms with Gasteiger partial charge in [-0.3, -0.25) is 4.90 Å². The fourth-order valence-electron chi connectivity index (χ4n) is 1.50. The molecule has 78 valence electrons. The molecule has 13 heavy (non-hydrogen) atoms. The van der Waals surface area contributed by atoms with Crippen LogP contribution in [-0.2, 0) is 0 Å². The summed E-state index contributed by atoms with van der Waals surface area (Å²) < 4.78 is 0. The molecule has 1 fully saturated rings. The van der Waals surface area contributed by atoms with Crippen molar-refractivity contribution >= 4 is 0 Å². The normalized spacial score (nSPS) is 24.7. The molecule has 0 aromatic heterocycles.